The monoisotopic (exact) mass is 368 g/mol. The first-order valence-electron chi connectivity index (χ1n) is 6.42. The highest BCUT2D eigenvalue weighted by Gasteiger charge is 2.11. The zero-order valence-electron chi connectivity index (χ0n) is 11.3. The smallest absolute Gasteiger partial charge is 0.270 e. The van der Waals surface area contributed by atoms with Crippen molar-refractivity contribution in [3.8, 4) is 11.5 Å². The van der Waals surface area contributed by atoms with E-state index >= 15 is 0 Å². The lowest BCUT2D eigenvalue weighted by Crippen LogP contribution is -2.33. The molecule has 5 nitrogen and oxygen atoms in total. The Hall–Kier alpha value is -1.60. The van der Waals surface area contributed by atoms with E-state index in [1.54, 1.807) is 22.8 Å². The average molecular weight is 369 g/mol. The molecule has 0 unspecified atom stereocenters. The fourth-order valence-corrected chi connectivity index (χ4v) is 3.67. The summed E-state index contributed by atoms with van der Waals surface area (Å²) in [5.74, 6) is 0.425. The number of benzene rings is 1. The number of ether oxygens (including phenoxy) is 1. The minimum Gasteiger partial charge on any atom is -0.504 e. The summed E-state index contributed by atoms with van der Waals surface area (Å²) in [7, 11) is 1.49. The van der Waals surface area contributed by atoms with Crippen molar-refractivity contribution in [2.75, 3.05) is 13.7 Å². The Morgan fingerprint density at radius 2 is 2.33 bits per heavy atom. The van der Waals surface area contributed by atoms with Crippen LogP contribution in [0.2, 0.25) is 0 Å². The summed E-state index contributed by atoms with van der Waals surface area (Å²) in [5.41, 5.74) is 0.762. The highest BCUT2D eigenvalue weighted by molar-refractivity contribution is 9.10. The Labute approximate surface area is 133 Å². The SMILES string of the molecule is COc1cc(/C=c2\sc3n(c2=O)CCCN=3)c(Br)cc1O. The van der Waals surface area contributed by atoms with Gasteiger partial charge < -0.3 is 9.84 Å². The maximum Gasteiger partial charge on any atom is 0.270 e. The summed E-state index contributed by atoms with van der Waals surface area (Å²) in [6.07, 6.45) is 2.69. The molecule has 7 heteroatoms. The van der Waals surface area contributed by atoms with Gasteiger partial charge in [-0.25, -0.2) is 0 Å². The lowest BCUT2D eigenvalue weighted by atomic mass is 10.2. The molecule has 1 aromatic heterocycles. The number of phenolic OH excluding ortho intramolecular Hbond substituents is 1. The molecule has 0 amide bonds. The van der Waals surface area contributed by atoms with E-state index in [4.69, 9.17) is 4.74 Å². The van der Waals surface area contributed by atoms with E-state index in [1.165, 1.54) is 18.4 Å². The summed E-state index contributed by atoms with van der Waals surface area (Å²) in [5, 5.41) is 9.72. The molecule has 1 aromatic carbocycles. The van der Waals surface area contributed by atoms with E-state index in [0.29, 0.717) is 14.8 Å². The number of hydrogen-bond acceptors (Lipinski definition) is 5. The molecule has 2 aromatic rings. The molecular formula is C14H13BrN2O3S. The number of rotatable bonds is 2. The van der Waals surface area contributed by atoms with Gasteiger partial charge in [-0.05, 0) is 30.2 Å². The normalized spacial score (nSPS) is 14.7. The molecular weight excluding hydrogens is 356 g/mol. The van der Waals surface area contributed by atoms with Crippen molar-refractivity contribution in [1.82, 2.24) is 4.57 Å². The van der Waals surface area contributed by atoms with Crippen LogP contribution >= 0.6 is 27.3 Å². The topological polar surface area (TPSA) is 63.8 Å². The van der Waals surface area contributed by atoms with E-state index in [2.05, 4.69) is 20.9 Å². The molecule has 3 rings (SSSR count). The summed E-state index contributed by atoms with van der Waals surface area (Å²) in [4.78, 5) is 17.5. The van der Waals surface area contributed by atoms with Crippen LogP contribution in [0.15, 0.2) is 26.4 Å². The number of fused-ring (bicyclic) bond motifs is 1. The minimum absolute atomic E-state index is 0.0163. The third-order valence-electron chi connectivity index (χ3n) is 3.26. The van der Waals surface area contributed by atoms with Gasteiger partial charge >= 0.3 is 0 Å². The number of aromatic nitrogens is 1. The van der Waals surface area contributed by atoms with Gasteiger partial charge in [-0.15, -0.1) is 0 Å². The first-order valence-corrected chi connectivity index (χ1v) is 8.03. The Morgan fingerprint density at radius 3 is 3.05 bits per heavy atom. The molecule has 1 aliphatic rings. The maximum absolute atomic E-state index is 12.3. The van der Waals surface area contributed by atoms with E-state index in [-0.39, 0.29) is 11.3 Å². The van der Waals surface area contributed by atoms with Gasteiger partial charge in [0, 0.05) is 17.6 Å². The van der Waals surface area contributed by atoms with Gasteiger partial charge in [-0.1, -0.05) is 27.3 Å². The van der Waals surface area contributed by atoms with Crippen LogP contribution < -0.4 is 19.6 Å². The van der Waals surface area contributed by atoms with Crippen molar-refractivity contribution in [2.24, 2.45) is 4.99 Å². The van der Waals surface area contributed by atoms with Crippen LogP contribution in [0.25, 0.3) is 6.08 Å². The number of phenols is 1. The highest BCUT2D eigenvalue weighted by atomic mass is 79.9. The Kier molecular flexibility index (Phi) is 3.86. The van der Waals surface area contributed by atoms with Gasteiger partial charge in [0.05, 0.1) is 11.6 Å². The third kappa shape index (κ3) is 2.63. The lowest BCUT2D eigenvalue weighted by molar-refractivity contribution is 0.373. The molecule has 110 valence electrons. The third-order valence-corrected chi connectivity index (χ3v) is 4.99. The Bertz CT molecular complexity index is 870. The highest BCUT2D eigenvalue weighted by Crippen LogP contribution is 2.32. The number of aromatic hydroxyl groups is 1. The summed E-state index contributed by atoms with van der Waals surface area (Å²) in [6, 6.07) is 3.25. The molecule has 1 aliphatic heterocycles. The molecule has 1 N–H and O–H groups in total. The van der Waals surface area contributed by atoms with E-state index in [0.717, 1.165) is 29.9 Å². The van der Waals surface area contributed by atoms with Gasteiger partial charge in [-0.3, -0.25) is 14.4 Å². The fourth-order valence-electron chi connectivity index (χ4n) is 2.20. The van der Waals surface area contributed by atoms with Crippen LogP contribution in [0.3, 0.4) is 0 Å². The van der Waals surface area contributed by atoms with Gasteiger partial charge in [0.1, 0.15) is 0 Å². The molecule has 0 radical (unpaired) electrons. The van der Waals surface area contributed by atoms with Crippen molar-refractivity contribution >= 4 is 33.3 Å². The predicted molar refractivity (Wildman–Crippen MR) is 84.8 cm³/mol. The van der Waals surface area contributed by atoms with Gasteiger partial charge in [0.2, 0.25) is 0 Å². The molecule has 0 fully saturated rings. The summed E-state index contributed by atoms with van der Waals surface area (Å²) >= 11 is 4.78. The van der Waals surface area contributed by atoms with E-state index < -0.39 is 0 Å². The molecule has 0 aliphatic carbocycles. The Morgan fingerprint density at radius 1 is 1.52 bits per heavy atom. The average Bonchev–Trinajstić information content (AvgIpc) is 2.79. The van der Waals surface area contributed by atoms with Crippen molar-refractivity contribution < 1.29 is 9.84 Å². The second-order valence-electron chi connectivity index (χ2n) is 4.63. The van der Waals surface area contributed by atoms with Gasteiger partial charge in [0.25, 0.3) is 5.56 Å². The van der Waals surface area contributed by atoms with Crippen molar-refractivity contribution in [2.45, 2.75) is 13.0 Å². The van der Waals surface area contributed by atoms with Crippen LogP contribution in [0.4, 0.5) is 0 Å². The molecule has 2 heterocycles. The van der Waals surface area contributed by atoms with Crippen LogP contribution in [0, 0.1) is 0 Å². The number of hydrogen-bond donors (Lipinski definition) is 1. The molecule has 0 saturated heterocycles. The molecule has 0 saturated carbocycles. The number of methoxy groups -OCH3 is 1. The minimum atomic E-state index is -0.0163. The number of thiazole rings is 1. The van der Waals surface area contributed by atoms with Crippen molar-refractivity contribution in [1.29, 1.82) is 0 Å². The quantitative estimate of drug-likeness (QED) is 0.867. The van der Waals surface area contributed by atoms with Crippen LogP contribution in [-0.4, -0.2) is 23.3 Å². The molecule has 0 atom stereocenters. The lowest BCUT2D eigenvalue weighted by Gasteiger charge is -2.06. The van der Waals surface area contributed by atoms with Gasteiger partial charge in [0.15, 0.2) is 16.3 Å². The van der Waals surface area contributed by atoms with Crippen molar-refractivity contribution in [3.05, 3.63) is 41.9 Å². The molecule has 21 heavy (non-hydrogen) atoms. The van der Waals surface area contributed by atoms with E-state index in [1.807, 2.05) is 0 Å². The van der Waals surface area contributed by atoms with Crippen LogP contribution in [0.1, 0.15) is 12.0 Å². The van der Waals surface area contributed by atoms with E-state index in [9.17, 15) is 9.90 Å². The molecule has 0 bridgehead atoms. The first kappa shape index (κ1) is 14.3. The fraction of sp³-hybridized carbons (Fsp3) is 0.286. The second-order valence-corrected chi connectivity index (χ2v) is 6.49. The first-order chi connectivity index (χ1) is 10.1. The predicted octanol–water partition coefficient (Wildman–Crippen LogP) is 1.24. The zero-order valence-corrected chi connectivity index (χ0v) is 13.7. The largest absolute Gasteiger partial charge is 0.504 e. The zero-order chi connectivity index (χ0) is 15.0. The Balaban J connectivity index is 2.20. The van der Waals surface area contributed by atoms with Gasteiger partial charge in [-0.2, -0.15) is 0 Å². The summed E-state index contributed by atoms with van der Waals surface area (Å²) in [6.45, 7) is 1.50. The number of halogens is 1. The maximum atomic E-state index is 12.3. The standard InChI is InChI=1S/C14H13BrN2O3S/c1-20-11-5-8(9(15)7-10(11)18)6-12-13(19)17-4-2-3-16-14(17)21-12/h5-7,18H,2-4H2,1H3/b12-6-. The number of nitrogens with zero attached hydrogens (tertiary/aromatic N) is 2. The second kappa shape index (κ2) is 5.65. The summed E-state index contributed by atoms with van der Waals surface area (Å²) < 4.78 is 8.15. The van der Waals surface area contributed by atoms with Crippen LogP contribution in [0.5, 0.6) is 11.5 Å². The van der Waals surface area contributed by atoms with Crippen molar-refractivity contribution in [3.63, 3.8) is 0 Å². The molecule has 0 spiro atoms. The van der Waals surface area contributed by atoms with Crippen LogP contribution in [-0.2, 0) is 6.54 Å².